The molecule has 0 aliphatic carbocycles. The molecule has 0 aliphatic rings. The Kier molecular flexibility index (Phi) is 7.08. The van der Waals surface area contributed by atoms with Crippen LogP contribution in [0.5, 0.6) is 0 Å². The van der Waals surface area contributed by atoms with Crippen LogP contribution in [0, 0.1) is 13.8 Å². The number of nitrogens with two attached hydrogens (primary N) is 1. The normalized spacial score (nSPS) is 11.0. The molecule has 0 bridgehead atoms. The van der Waals surface area contributed by atoms with Gasteiger partial charge in [0.15, 0.2) is 5.16 Å². The van der Waals surface area contributed by atoms with Gasteiger partial charge in [-0.2, -0.15) is 0 Å². The number of imidazole rings is 1. The lowest BCUT2D eigenvalue weighted by Gasteiger charge is -2.13. The molecule has 0 spiro atoms. The fourth-order valence-corrected chi connectivity index (χ4v) is 3.68. The predicted octanol–water partition coefficient (Wildman–Crippen LogP) is 3.22. The minimum absolute atomic E-state index is 0.218. The van der Waals surface area contributed by atoms with Crippen molar-refractivity contribution in [1.82, 2.24) is 9.55 Å². The first kappa shape index (κ1) is 19.5. The SMILES string of the molecule is CCOCn1c(SCC(N)=O)nc(CC)c1Cc1cc(C)cc(C)c1. The zero-order valence-corrected chi connectivity index (χ0v) is 16.3. The summed E-state index contributed by atoms with van der Waals surface area (Å²) in [6.07, 6.45) is 1.63. The molecule has 0 saturated carbocycles. The van der Waals surface area contributed by atoms with Gasteiger partial charge in [-0.25, -0.2) is 4.98 Å². The van der Waals surface area contributed by atoms with Gasteiger partial charge in [-0.3, -0.25) is 9.36 Å². The smallest absolute Gasteiger partial charge is 0.227 e. The Morgan fingerprint density at radius 2 is 1.92 bits per heavy atom. The molecule has 136 valence electrons. The maximum atomic E-state index is 11.2. The van der Waals surface area contributed by atoms with Crippen molar-refractivity contribution in [3.05, 3.63) is 46.3 Å². The van der Waals surface area contributed by atoms with E-state index in [4.69, 9.17) is 15.5 Å². The number of hydrogen-bond acceptors (Lipinski definition) is 4. The Balaban J connectivity index is 2.40. The van der Waals surface area contributed by atoms with Crippen LogP contribution < -0.4 is 5.73 Å². The lowest BCUT2D eigenvalue weighted by atomic mass is 10.0. The summed E-state index contributed by atoms with van der Waals surface area (Å²) in [6.45, 7) is 9.36. The highest BCUT2D eigenvalue weighted by atomic mass is 32.2. The predicted molar refractivity (Wildman–Crippen MR) is 102 cm³/mol. The largest absolute Gasteiger partial charge is 0.369 e. The van der Waals surface area contributed by atoms with Gasteiger partial charge in [-0.05, 0) is 32.8 Å². The minimum atomic E-state index is -0.343. The number of ether oxygens (including phenoxy) is 1. The van der Waals surface area contributed by atoms with Gasteiger partial charge in [0.1, 0.15) is 6.73 Å². The number of carbonyl (C=O) groups is 1. The number of rotatable bonds is 9. The molecule has 0 unspecified atom stereocenters. The number of nitrogens with zero attached hydrogens (tertiary/aromatic N) is 2. The van der Waals surface area contributed by atoms with E-state index >= 15 is 0 Å². The minimum Gasteiger partial charge on any atom is -0.369 e. The second-order valence-electron chi connectivity index (χ2n) is 6.12. The highest BCUT2D eigenvalue weighted by molar-refractivity contribution is 7.99. The van der Waals surface area contributed by atoms with Crippen molar-refractivity contribution in [2.24, 2.45) is 5.73 Å². The monoisotopic (exact) mass is 361 g/mol. The molecule has 6 heteroatoms. The number of benzene rings is 1. The number of primary amides is 1. The summed E-state index contributed by atoms with van der Waals surface area (Å²) < 4.78 is 7.72. The summed E-state index contributed by atoms with van der Waals surface area (Å²) in [4.78, 5) is 15.9. The molecule has 0 atom stereocenters. The number of amides is 1. The lowest BCUT2D eigenvalue weighted by Crippen LogP contribution is -2.14. The van der Waals surface area contributed by atoms with Crippen LogP contribution in [0.3, 0.4) is 0 Å². The van der Waals surface area contributed by atoms with E-state index in [0.29, 0.717) is 13.3 Å². The van der Waals surface area contributed by atoms with Gasteiger partial charge in [0.2, 0.25) is 5.91 Å². The third kappa shape index (κ3) is 5.34. The van der Waals surface area contributed by atoms with Crippen molar-refractivity contribution >= 4 is 17.7 Å². The molecule has 1 aromatic carbocycles. The highest BCUT2D eigenvalue weighted by Gasteiger charge is 2.18. The first-order valence-electron chi connectivity index (χ1n) is 8.58. The summed E-state index contributed by atoms with van der Waals surface area (Å²) in [7, 11) is 0. The summed E-state index contributed by atoms with van der Waals surface area (Å²) in [5.41, 5.74) is 11.3. The van der Waals surface area contributed by atoms with Crippen molar-refractivity contribution in [3.63, 3.8) is 0 Å². The van der Waals surface area contributed by atoms with E-state index < -0.39 is 0 Å². The van der Waals surface area contributed by atoms with Crippen LogP contribution in [0.25, 0.3) is 0 Å². The molecular formula is C19H27N3O2S. The topological polar surface area (TPSA) is 70.1 Å². The van der Waals surface area contributed by atoms with Crippen molar-refractivity contribution in [3.8, 4) is 0 Å². The van der Waals surface area contributed by atoms with Gasteiger partial charge in [0, 0.05) is 18.7 Å². The zero-order chi connectivity index (χ0) is 18.4. The van der Waals surface area contributed by atoms with Gasteiger partial charge < -0.3 is 10.5 Å². The quantitative estimate of drug-likeness (QED) is 0.696. The Morgan fingerprint density at radius 1 is 1.24 bits per heavy atom. The summed E-state index contributed by atoms with van der Waals surface area (Å²) in [5.74, 6) is -0.125. The van der Waals surface area contributed by atoms with Crippen LogP contribution in [-0.2, 0) is 29.1 Å². The molecule has 2 rings (SSSR count). The standard InChI is InChI=1S/C19H27N3O2S/c1-5-16-17(10-15-8-13(3)7-14(4)9-15)22(12-24-6-2)19(21-16)25-11-18(20)23/h7-9H,5-6,10-12H2,1-4H3,(H2,20,23). The average Bonchev–Trinajstić information content (AvgIpc) is 2.86. The Labute approximate surface area is 154 Å². The fraction of sp³-hybridized carbons (Fsp3) is 0.474. The Morgan fingerprint density at radius 3 is 2.48 bits per heavy atom. The van der Waals surface area contributed by atoms with Gasteiger partial charge in [-0.15, -0.1) is 0 Å². The molecule has 0 fully saturated rings. The molecule has 0 saturated heterocycles. The number of aromatic nitrogens is 2. The number of aryl methyl sites for hydroxylation is 3. The van der Waals surface area contributed by atoms with E-state index in [1.807, 2.05) is 6.92 Å². The first-order valence-corrected chi connectivity index (χ1v) is 9.57. The van der Waals surface area contributed by atoms with Gasteiger partial charge >= 0.3 is 0 Å². The summed E-state index contributed by atoms with van der Waals surface area (Å²) >= 11 is 1.37. The number of hydrogen-bond donors (Lipinski definition) is 1. The van der Waals surface area contributed by atoms with E-state index in [1.165, 1.54) is 28.5 Å². The molecule has 5 nitrogen and oxygen atoms in total. The highest BCUT2D eigenvalue weighted by Crippen LogP contribution is 2.25. The van der Waals surface area contributed by atoms with E-state index in [0.717, 1.165) is 29.4 Å². The van der Waals surface area contributed by atoms with Crippen molar-refractivity contribution in [2.75, 3.05) is 12.4 Å². The second kappa shape index (κ2) is 9.06. The third-order valence-electron chi connectivity index (χ3n) is 3.88. The fourth-order valence-electron chi connectivity index (χ4n) is 2.92. The van der Waals surface area contributed by atoms with Gasteiger partial charge in [0.25, 0.3) is 0 Å². The molecule has 25 heavy (non-hydrogen) atoms. The second-order valence-corrected chi connectivity index (χ2v) is 7.06. The van der Waals surface area contributed by atoms with Crippen LogP contribution in [0.15, 0.2) is 23.4 Å². The van der Waals surface area contributed by atoms with Crippen LogP contribution in [0.2, 0.25) is 0 Å². The van der Waals surface area contributed by atoms with Gasteiger partial charge in [-0.1, -0.05) is 48.0 Å². The van der Waals surface area contributed by atoms with Crippen molar-refractivity contribution in [1.29, 1.82) is 0 Å². The molecule has 0 aliphatic heterocycles. The van der Waals surface area contributed by atoms with Gasteiger partial charge in [0.05, 0.1) is 11.4 Å². The molecule has 1 aromatic heterocycles. The molecule has 2 N–H and O–H groups in total. The van der Waals surface area contributed by atoms with Crippen molar-refractivity contribution in [2.45, 2.75) is 52.4 Å². The number of carbonyl (C=O) groups excluding carboxylic acids is 1. The first-order chi connectivity index (χ1) is 11.9. The van der Waals surface area contributed by atoms with Crippen LogP contribution >= 0.6 is 11.8 Å². The molecule has 2 aromatic rings. The van der Waals surface area contributed by atoms with E-state index in [9.17, 15) is 4.79 Å². The van der Waals surface area contributed by atoms with E-state index in [2.05, 4.69) is 43.5 Å². The van der Waals surface area contributed by atoms with Crippen LogP contribution in [0.1, 0.15) is 41.9 Å². The van der Waals surface area contributed by atoms with E-state index in [-0.39, 0.29) is 11.7 Å². The maximum absolute atomic E-state index is 11.2. The number of thioether (sulfide) groups is 1. The molecule has 1 amide bonds. The Hall–Kier alpha value is -1.79. The zero-order valence-electron chi connectivity index (χ0n) is 15.5. The van der Waals surface area contributed by atoms with Crippen molar-refractivity contribution < 1.29 is 9.53 Å². The molecule has 0 radical (unpaired) electrons. The maximum Gasteiger partial charge on any atom is 0.227 e. The van der Waals surface area contributed by atoms with Crippen LogP contribution in [0.4, 0.5) is 0 Å². The summed E-state index contributed by atoms with van der Waals surface area (Å²) in [6, 6.07) is 6.59. The Bertz CT molecular complexity index is 720. The third-order valence-corrected chi connectivity index (χ3v) is 4.88. The molecule has 1 heterocycles. The lowest BCUT2D eigenvalue weighted by molar-refractivity contribution is -0.115. The molecular weight excluding hydrogens is 334 g/mol. The summed E-state index contributed by atoms with van der Waals surface area (Å²) in [5, 5.41) is 0.795. The van der Waals surface area contributed by atoms with E-state index in [1.54, 1.807) is 0 Å². The average molecular weight is 362 g/mol. The van der Waals surface area contributed by atoms with Crippen LogP contribution in [-0.4, -0.2) is 27.8 Å².